The summed E-state index contributed by atoms with van der Waals surface area (Å²) in [6.07, 6.45) is 1.74. The molecular formula is C25H20N4O4S. The summed E-state index contributed by atoms with van der Waals surface area (Å²) in [5.74, 6) is 1.88. The molecule has 2 aromatic carbocycles. The van der Waals surface area contributed by atoms with E-state index < -0.39 is 4.92 Å². The lowest BCUT2D eigenvalue weighted by atomic mass is 10.0. The van der Waals surface area contributed by atoms with Gasteiger partial charge in [-0.25, -0.2) is 0 Å². The van der Waals surface area contributed by atoms with Gasteiger partial charge in [-0.3, -0.25) is 15.1 Å². The van der Waals surface area contributed by atoms with Crippen molar-refractivity contribution in [1.82, 2.24) is 10.3 Å². The third-order valence-electron chi connectivity index (χ3n) is 5.69. The van der Waals surface area contributed by atoms with Crippen molar-refractivity contribution in [2.45, 2.75) is 12.1 Å². The van der Waals surface area contributed by atoms with Crippen LogP contribution in [0.5, 0.6) is 5.75 Å². The van der Waals surface area contributed by atoms with Gasteiger partial charge in [-0.15, -0.1) is 0 Å². The SMILES string of the molecule is COc1cccc(N2C(=S)N[C@H](c3ccccn3)[C@H]2c2ccc(-c3cccc([N+](=O)[O-])c3)o2)c1. The highest BCUT2D eigenvalue weighted by Gasteiger charge is 2.42. The Labute approximate surface area is 201 Å². The Balaban J connectivity index is 1.59. The number of thiocarbonyl (C=S) groups is 1. The Morgan fingerprint density at radius 3 is 2.71 bits per heavy atom. The average molecular weight is 473 g/mol. The van der Waals surface area contributed by atoms with Crippen molar-refractivity contribution in [2.75, 3.05) is 12.0 Å². The number of methoxy groups -OCH3 is 1. The molecule has 0 bridgehead atoms. The number of nitrogens with zero attached hydrogens (tertiary/aromatic N) is 3. The number of rotatable bonds is 6. The van der Waals surface area contributed by atoms with E-state index in [9.17, 15) is 10.1 Å². The van der Waals surface area contributed by atoms with Crippen LogP contribution in [-0.2, 0) is 0 Å². The Kier molecular flexibility index (Phi) is 5.69. The summed E-state index contributed by atoms with van der Waals surface area (Å²) in [7, 11) is 1.62. The maximum atomic E-state index is 11.2. The molecule has 170 valence electrons. The molecule has 2 aromatic heterocycles. The number of anilines is 1. The van der Waals surface area contributed by atoms with Crippen LogP contribution in [0, 0.1) is 10.1 Å². The largest absolute Gasteiger partial charge is 0.497 e. The summed E-state index contributed by atoms with van der Waals surface area (Å²) < 4.78 is 11.7. The highest BCUT2D eigenvalue weighted by atomic mass is 32.1. The van der Waals surface area contributed by atoms with Crippen molar-refractivity contribution in [2.24, 2.45) is 0 Å². The van der Waals surface area contributed by atoms with Crippen LogP contribution >= 0.6 is 12.2 Å². The molecule has 1 aliphatic heterocycles. The van der Waals surface area contributed by atoms with Crippen LogP contribution in [0.3, 0.4) is 0 Å². The minimum atomic E-state index is -0.422. The number of pyridine rings is 1. The van der Waals surface area contributed by atoms with Gasteiger partial charge in [0.1, 0.15) is 23.3 Å². The minimum Gasteiger partial charge on any atom is -0.497 e. The van der Waals surface area contributed by atoms with Gasteiger partial charge in [0.05, 0.1) is 23.8 Å². The summed E-state index contributed by atoms with van der Waals surface area (Å²) in [5.41, 5.74) is 2.28. The Bertz CT molecular complexity index is 1360. The van der Waals surface area contributed by atoms with E-state index >= 15 is 0 Å². The van der Waals surface area contributed by atoms with E-state index in [0.29, 0.717) is 27.9 Å². The van der Waals surface area contributed by atoms with E-state index in [-0.39, 0.29) is 17.8 Å². The van der Waals surface area contributed by atoms with Crippen LogP contribution in [0.15, 0.2) is 89.5 Å². The smallest absolute Gasteiger partial charge is 0.270 e. The number of furan rings is 1. The molecule has 1 N–H and O–H groups in total. The van der Waals surface area contributed by atoms with Crippen molar-refractivity contribution in [3.05, 3.63) is 107 Å². The van der Waals surface area contributed by atoms with Crippen molar-refractivity contribution >= 4 is 28.7 Å². The lowest BCUT2D eigenvalue weighted by Crippen LogP contribution is -2.29. The third-order valence-corrected chi connectivity index (χ3v) is 6.00. The molecule has 3 heterocycles. The summed E-state index contributed by atoms with van der Waals surface area (Å²) in [6, 6.07) is 22.8. The van der Waals surface area contributed by atoms with Crippen molar-refractivity contribution < 1.29 is 14.1 Å². The number of nitro groups is 1. The molecule has 9 heteroatoms. The normalized spacial score (nSPS) is 17.4. The molecule has 4 aromatic rings. The van der Waals surface area contributed by atoms with Crippen LogP contribution in [0.4, 0.5) is 11.4 Å². The van der Waals surface area contributed by atoms with Gasteiger partial charge in [-0.2, -0.15) is 0 Å². The second kappa shape index (κ2) is 8.95. The van der Waals surface area contributed by atoms with Gasteiger partial charge in [0.15, 0.2) is 5.11 Å². The molecule has 8 nitrogen and oxygen atoms in total. The number of non-ortho nitro benzene ring substituents is 1. The first-order chi connectivity index (χ1) is 16.5. The number of benzene rings is 2. The van der Waals surface area contributed by atoms with Gasteiger partial charge < -0.3 is 19.4 Å². The lowest BCUT2D eigenvalue weighted by molar-refractivity contribution is -0.384. The molecule has 0 amide bonds. The zero-order valence-electron chi connectivity index (χ0n) is 18.1. The number of aromatic nitrogens is 1. The van der Waals surface area contributed by atoms with Crippen molar-refractivity contribution in [1.29, 1.82) is 0 Å². The molecule has 0 saturated carbocycles. The number of hydrogen-bond donors (Lipinski definition) is 1. The van der Waals surface area contributed by atoms with Crippen molar-refractivity contribution in [3.63, 3.8) is 0 Å². The molecule has 34 heavy (non-hydrogen) atoms. The summed E-state index contributed by atoms with van der Waals surface area (Å²) >= 11 is 5.73. The Morgan fingerprint density at radius 1 is 1.09 bits per heavy atom. The average Bonchev–Trinajstić information content (AvgIpc) is 3.49. The van der Waals surface area contributed by atoms with Gasteiger partial charge in [-0.05, 0) is 48.6 Å². The Hall–Kier alpha value is -4.24. The minimum absolute atomic E-state index is 0.00327. The molecule has 0 radical (unpaired) electrons. The number of ether oxygens (including phenoxy) is 1. The summed E-state index contributed by atoms with van der Waals surface area (Å²) in [4.78, 5) is 17.3. The predicted molar refractivity (Wildman–Crippen MR) is 132 cm³/mol. The molecule has 0 unspecified atom stereocenters. The molecule has 5 rings (SSSR count). The van der Waals surface area contributed by atoms with E-state index in [1.807, 2.05) is 59.5 Å². The molecule has 1 fully saturated rings. The quantitative estimate of drug-likeness (QED) is 0.225. The summed E-state index contributed by atoms with van der Waals surface area (Å²) in [6.45, 7) is 0. The van der Waals surface area contributed by atoms with Gasteiger partial charge in [-0.1, -0.05) is 24.3 Å². The maximum absolute atomic E-state index is 11.2. The zero-order chi connectivity index (χ0) is 23.7. The van der Waals surface area contributed by atoms with Crippen LogP contribution in [0.2, 0.25) is 0 Å². The summed E-state index contributed by atoms with van der Waals surface area (Å²) in [5, 5.41) is 15.1. The number of hydrogen-bond acceptors (Lipinski definition) is 6. The van der Waals surface area contributed by atoms with E-state index in [2.05, 4.69) is 10.3 Å². The lowest BCUT2D eigenvalue weighted by Gasteiger charge is -2.26. The van der Waals surface area contributed by atoms with E-state index in [1.165, 1.54) is 12.1 Å². The zero-order valence-corrected chi connectivity index (χ0v) is 18.9. The van der Waals surface area contributed by atoms with Crippen LogP contribution < -0.4 is 15.0 Å². The van der Waals surface area contributed by atoms with Crippen LogP contribution in [0.1, 0.15) is 23.5 Å². The number of nitro benzene ring substituents is 1. The molecule has 2 atom stereocenters. The second-order valence-corrected chi connectivity index (χ2v) is 8.09. The Morgan fingerprint density at radius 2 is 1.94 bits per heavy atom. The molecule has 0 aliphatic carbocycles. The van der Waals surface area contributed by atoms with E-state index in [0.717, 1.165) is 11.4 Å². The molecule has 0 spiro atoms. The topological polar surface area (TPSA) is 93.7 Å². The van der Waals surface area contributed by atoms with Crippen molar-refractivity contribution in [3.8, 4) is 17.1 Å². The molecule has 1 saturated heterocycles. The molecule has 1 aliphatic rings. The third kappa shape index (κ3) is 3.97. The monoisotopic (exact) mass is 472 g/mol. The second-order valence-electron chi connectivity index (χ2n) is 7.71. The maximum Gasteiger partial charge on any atom is 0.270 e. The highest BCUT2D eigenvalue weighted by molar-refractivity contribution is 7.80. The predicted octanol–water partition coefficient (Wildman–Crippen LogP) is 5.44. The standard InChI is InChI=1S/C25H20N4O4S/c1-32-19-9-5-7-17(15-19)28-24(23(27-25(28)34)20-10-2-3-13-26-20)22-12-11-21(33-22)16-6-4-8-18(14-16)29(30)31/h2-15,23-24H,1H3,(H,27,34)/t23-,24-/m1/s1. The highest BCUT2D eigenvalue weighted by Crippen LogP contribution is 2.43. The number of nitrogens with one attached hydrogen (secondary N) is 1. The van der Waals surface area contributed by atoms with E-state index in [4.69, 9.17) is 21.4 Å². The first-order valence-corrected chi connectivity index (χ1v) is 11.0. The van der Waals surface area contributed by atoms with Gasteiger partial charge in [0.25, 0.3) is 5.69 Å². The fraction of sp³-hybridized carbons (Fsp3) is 0.120. The van der Waals surface area contributed by atoms with Gasteiger partial charge >= 0.3 is 0 Å². The van der Waals surface area contributed by atoms with Gasteiger partial charge in [0, 0.05) is 35.6 Å². The van der Waals surface area contributed by atoms with Crippen LogP contribution in [0.25, 0.3) is 11.3 Å². The molecular weight excluding hydrogens is 452 g/mol. The van der Waals surface area contributed by atoms with E-state index in [1.54, 1.807) is 25.4 Å². The fourth-order valence-electron chi connectivity index (χ4n) is 4.12. The first kappa shape index (κ1) is 21.6. The fourth-order valence-corrected chi connectivity index (χ4v) is 4.47. The van der Waals surface area contributed by atoms with Crippen LogP contribution in [-0.4, -0.2) is 22.1 Å². The first-order valence-electron chi connectivity index (χ1n) is 10.5. The van der Waals surface area contributed by atoms with Gasteiger partial charge in [0.2, 0.25) is 0 Å².